The van der Waals surface area contributed by atoms with E-state index in [-0.39, 0.29) is 30.0 Å². The predicted octanol–water partition coefficient (Wildman–Crippen LogP) is 3.45. The van der Waals surface area contributed by atoms with Gasteiger partial charge in [-0.3, -0.25) is 4.79 Å². The lowest BCUT2D eigenvalue weighted by Gasteiger charge is -2.24. The van der Waals surface area contributed by atoms with Gasteiger partial charge >= 0.3 is 6.18 Å². The van der Waals surface area contributed by atoms with Crippen LogP contribution in [0, 0.1) is 6.92 Å². The monoisotopic (exact) mass is 402 g/mol. The van der Waals surface area contributed by atoms with Crippen molar-refractivity contribution in [1.29, 1.82) is 0 Å². The summed E-state index contributed by atoms with van der Waals surface area (Å²) in [6, 6.07) is 5.06. The van der Waals surface area contributed by atoms with Crippen LogP contribution in [0.4, 0.5) is 13.2 Å². The number of halogens is 4. The minimum Gasteiger partial charge on any atom is -0.334 e. The number of carbonyl (C=O) groups excluding carboxylic acids is 1. The number of hydrogen-bond acceptors (Lipinski definition) is 3. The molecule has 1 aliphatic rings. The van der Waals surface area contributed by atoms with E-state index in [2.05, 4.69) is 10.4 Å². The average Bonchev–Trinajstić information content (AvgIpc) is 3.21. The van der Waals surface area contributed by atoms with Crippen molar-refractivity contribution in [3.8, 4) is 5.69 Å². The van der Waals surface area contributed by atoms with Crippen molar-refractivity contribution in [2.75, 3.05) is 20.1 Å². The van der Waals surface area contributed by atoms with E-state index in [1.807, 2.05) is 11.9 Å². The van der Waals surface area contributed by atoms with Gasteiger partial charge in [0.1, 0.15) is 0 Å². The van der Waals surface area contributed by atoms with Gasteiger partial charge < -0.3 is 10.2 Å². The molecular weight excluding hydrogens is 381 g/mol. The Bertz CT molecular complexity index is 806. The Morgan fingerprint density at radius 1 is 1.37 bits per heavy atom. The van der Waals surface area contributed by atoms with Crippen LogP contribution in [0.3, 0.4) is 0 Å². The molecule has 0 radical (unpaired) electrons. The van der Waals surface area contributed by atoms with Crippen molar-refractivity contribution < 1.29 is 18.0 Å². The summed E-state index contributed by atoms with van der Waals surface area (Å²) in [6.45, 7) is 3.09. The van der Waals surface area contributed by atoms with Gasteiger partial charge in [-0.1, -0.05) is 6.07 Å². The number of rotatable bonds is 4. The zero-order valence-corrected chi connectivity index (χ0v) is 15.9. The first-order valence-electron chi connectivity index (χ1n) is 8.50. The number of nitrogens with zero attached hydrogens (tertiary/aromatic N) is 3. The molecule has 2 aromatic rings. The third-order valence-electron chi connectivity index (χ3n) is 4.74. The first kappa shape index (κ1) is 21.2. The number of likely N-dealkylation sites (tertiary alicyclic amines) is 1. The highest BCUT2D eigenvalue weighted by molar-refractivity contribution is 5.95. The van der Waals surface area contributed by atoms with Crippen LogP contribution in [0.5, 0.6) is 0 Å². The lowest BCUT2D eigenvalue weighted by molar-refractivity contribution is -0.137. The third kappa shape index (κ3) is 4.27. The van der Waals surface area contributed by atoms with Gasteiger partial charge in [-0.2, -0.15) is 18.3 Å². The SMILES string of the molecule is CNCC1CCCN1C(=O)c1cnn(-c2cccc(C(F)(F)F)c2)c1C.Cl. The van der Waals surface area contributed by atoms with Crippen LogP contribution < -0.4 is 5.32 Å². The molecule has 1 aromatic heterocycles. The van der Waals surface area contributed by atoms with E-state index in [1.165, 1.54) is 16.9 Å². The van der Waals surface area contributed by atoms with E-state index in [0.29, 0.717) is 24.3 Å². The van der Waals surface area contributed by atoms with Crippen molar-refractivity contribution in [3.63, 3.8) is 0 Å². The first-order chi connectivity index (χ1) is 12.3. The second kappa shape index (κ2) is 8.31. The van der Waals surface area contributed by atoms with Crippen LogP contribution >= 0.6 is 12.4 Å². The minimum absolute atomic E-state index is 0. The zero-order valence-electron chi connectivity index (χ0n) is 15.1. The fourth-order valence-corrected chi connectivity index (χ4v) is 3.40. The Kier molecular flexibility index (Phi) is 6.54. The minimum atomic E-state index is -4.42. The number of nitrogens with one attached hydrogen (secondary N) is 1. The normalized spacial score (nSPS) is 17.1. The van der Waals surface area contributed by atoms with E-state index in [1.54, 1.807) is 13.0 Å². The standard InChI is InChI=1S/C18H21F3N4O.ClH/c1-12-16(17(26)24-8-4-7-15(24)10-22-2)11-23-25(12)14-6-3-5-13(9-14)18(19,20)21;/h3,5-6,9,11,15,22H,4,7-8,10H2,1-2H3;1H. The summed E-state index contributed by atoms with van der Waals surface area (Å²) < 4.78 is 40.2. The molecule has 1 amide bonds. The summed E-state index contributed by atoms with van der Waals surface area (Å²) in [5, 5.41) is 7.25. The summed E-state index contributed by atoms with van der Waals surface area (Å²) in [5.41, 5.74) is 0.492. The highest BCUT2D eigenvalue weighted by atomic mass is 35.5. The molecule has 1 atom stereocenters. The first-order valence-corrected chi connectivity index (χ1v) is 8.50. The molecule has 1 fully saturated rings. The molecule has 1 N–H and O–H groups in total. The molecule has 0 aliphatic carbocycles. The number of carbonyl (C=O) groups is 1. The van der Waals surface area contributed by atoms with E-state index in [4.69, 9.17) is 0 Å². The van der Waals surface area contributed by atoms with Crippen molar-refractivity contribution >= 4 is 18.3 Å². The van der Waals surface area contributed by atoms with Crippen LogP contribution in [0.25, 0.3) is 5.69 Å². The predicted molar refractivity (Wildman–Crippen MR) is 98.5 cm³/mol. The highest BCUT2D eigenvalue weighted by Gasteiger charge is 2.32. The summed E-state index contributed by atoms with van der Waals surface area (Å²) in [4.78, 5) is 14.7. The lowest BCUT2D eigenvalue weighted by atomic mass is 10.1. The molecule has 1 aromatic carbocycles. The van der Waals surface area contributed by atoms with Crippen molar-refractivity contribution in [1.82, 2.24) is 20.0 Å². The molecule has 3 rings (SSSR count). The van der Waals surface area contributed by atoms with Gasteiger partial charge in [-0.05, 0) is 45.0 Å². The second-order valence-electron chi connectivity index (χ2n) is 6.46. The molecular formula is C18H22ClF3N4O. The summed E-state index contributed by atoms with van der Waals surface area (Å²) in [5.74, 6) is -0.126. The van der Waals surface area contributed by atoms with Gasteiger partial charge in [0, 0.05) is 19.1 Å². The molecule has 148 valence electrons. The van der Waals surface area contributed by atoms with E-state index >= 15 is 0 Å². The number of aromatic nitrogens is 2. The molecule has 1 aliphatic heterocycles. The Labute approximate surface area is 161 Å². The van der Waals surface area contributed by atoms with Crippen molar-refractivity contribution in [3.05, 3.63) is 47.3 Å². The Morgan fingerprint density at radius 2 is 2.11 bits per heavy atom. The second-order valence-corrected chi connectivity index (χ2v) is 6.46. The molecule has 5 nitrogen and oxygen atoms in total. The van der Waals surface area contributed by atoms with Crippen LogP contribution in [0.1, 0.15) is 34.5 Å². The Hall–Kier alpha value is -2.06. The molecule has 2 heterocycles. The molecule has 0 spiro atoms. The van der Waals surface area contributed by atoms with Gasteiger partial charge in [-0.15, -0.1) is 12.4 Å². The van der Waals surface area contributed by atoms with E-state index < -0.39 is 11.7 Å². The maximum absolute atomic E-state index is 12.9. The Morgan fingerprint density at radius 3 is 2.78 bits per heavy atom. The molecule has 0 saturated carbocycles. The van der Waals surface area contributed by atoms with Crippen LogP contribution in [0.15, 0.2) is 30.5 Å². The van der Waals surface area contributed by atoms with Gasteiger partial charge in [0.05, 0.1) is 28.7 Å². The summed E-state index contributed by atoms with van der Waals surface area (Å²) in [6.07, 6.45) is -1.11. The molecule has 0 bridgehead atoms. The maximum Gasteiger partial charge on any atom is 0.416 e. The van der Waals surface area contributed by atoms with E-state index in [0.717, 1.165) is 25.0 Å². The van der Waals surface area contributed by atoms with Crippen molar-refractivity contribution in [2.24, 2.45) is 0 Å². The lowest BCUT2D eigenvalue weighted by Crippen LogP contribution is -2.41. The molecule has 1 unspecified atom stereocenters. The molecule has 9 heteroatoms. The van der Waals surface area contributed by atoms with Crippen LogP contribution in [-0.2, 0) is 6.18 Å². The van der Waals surface area contributed by atoms with Gasteiger partial charge in [0.25, 0.3) is 5.91 Å². The van der Waals surface area contributed by atoms with Gasteiger partial charge in [0.15, 0.2) is 0 Å². The fraction of sp³-hybridized carbons (Fsp3) is 0.444. The number of amides is 1. The van der Waals surface area contributed by atoms with E-state index in [9.17, 15) is 18.0 Å². The number of hydrogen-bond donors (Lipinski definition) is 1. The molecule has 1 saturated heterocycles. The summed E-state index contributed by atoms with van der Waals surface area (Å²) >= 11 is 0. The smallest absolute Gasteiger partial charge is 0.334 e. The average molecular weight is 403 g/mol. The fourth-order valence-electron chi connectivity index (χ4n) is 3.40. The Balaban J connectivity index is 0.00000261. The topological polar surface area (TPSA) is 50.2 Å². The van der Waals surface area contributed by atoms with Crippen LogP contribution in [-0.4, -0.2) is 46.8 Å². The maximum atomic E-state index is 12.9. The van der Waals surface area contributed by atoms with Gasteiger partial charge in [-0.25, -0.2) is 4.68 Å². The number of likely N-dealkylation sites (N-methyl/N-ethyl adjacent to an activating group) is 1. The quantitative estimate of drug-likeness (QED) is 0.852. The van der Waals surface area contributed by atoms with Crippen LogP contribution in [0.2, 0.25) is 0 Å². The van der Waals surface area contributed by atoms with Gasteiger partial charge in [0.2, 0.25) is 0 Å². The van der Waals surface area contributed by atoms with Crippen molar-refractivity contribution in [2.45, 2.75) is 32.0 Å². The highest BCUT2D eigenvalue weighted by Crippen LogP contribution is 2.31. The molecule has 27 heavy (non-hydrogen) atoms. The number of alkyl halides is 3. The third-order valence-corrected chi connectivity index (χ3v) is 4.74. The largest absolute Gasteiger partial charge is 0.416 e. The summed E-state index contributed by atoms with van der Waals surface area (Å²) in [7, 11) is 1.85. The zero-order chi connectivity index (χ0) is 18.9. The number of benzene rings is 1.